The second kappa shape index (κ2) is 8.79. The predicted molar refractivity (Wildman–Crippen MR) is 86.4 cm³/mol. The quantitative estimate of drug-likeness (QED) is 0.798. The molecule has 4 nitrogen and oxygen atoms in total. The van der Waals surface area contributed by atoms with Crippen LogP contribution in [0.25, 0.3) is 0 Å². The highest BCUT2D eigenvalue weighted by molar-refractivity contribution is 6.33. The van der Waals surface area contributed by atoms with Gasteiger partial charge in [0, 0.05) is 18.3 Å². The fourth-order valence-electron chi connectivity index (χ4n) is 2.35. The maximum Gasteiger partial charge on any atom is 0.224 e. The Balaban J connectivity index is 2.61. The first-order chi connectivity index (χ1) is 10.3. The van der Waals surface area contributed by atoms with Crippen LogP contribution in [-0.2, 0) is 9.59 Å². The summed E-state index contributed by atoms with van der Waals surface area (Å²) < 4.78 is 0. The molecule has 0 aromatic heterocycles. The van der Waals surface area contributed by atoms with Crippen LogP contribution in [0.2, 0.25) is 5.02 Å². The number of para-hydroxylation sites is 1. The molecule has 2 atom stereocenters. The highest BCUT2D eigenvalue weighted by atomic mass is 35.5. The zero-order valence-electron chi connectivity index (χ0n) is 13.3. The van der Waals surface area contributed by atoms with Crippen molar-refractivity contribution in [1.29, 1.82) is 0 Å². The van der Waals surface area contributed by atoms with E-state index in [9.17, 15) is 14.7 Å². The maximum atomic E-state index is 12.1. The van der Waals surface area contributed by atoms with Gasteiger partial charge in [0.15, 0.2) is 0 Å². The molecule has 5 heteroatoms. The molecule has 22 heavy (non-hydrogen) atoms. The van der Waals surface area contributed by atoms with Crippen molar-refractivity contribution in [3.63, 3.8) is 0 Å². The summed E-state index contributed by atoms with van der Waals surface area (Å²) in [6.45, 7) is 5.86. The molecule has 0 spiro atoms. The van der Waals surface area contributed by atoms with Gasteiger partial charge in [-0.1, -0.05) is 50.9 Å². The minimum Gasteiger partial charge on any atom is -0.550 e. The van der Waals surface area contributed by atoms with Gasteiger partial charge in [0.2, 0.25) is 5.91 Å². The monoisotopic (exact) mass is 324 g/mol. The molecule has 0 aliphatic heterocycles. The lowest BCUT2D eigenvalue weighted by molar-refractivity contribution is -0.313. The van der Waals surface area contributed by atoms with Gasteiger partial charge in [0.05, 0.1) is 10.7 Å². The molecule has 0 aliphatic rings. The van der Waals surface area contributed by atoms with E-state index in [1.54, 1.807) is 31.2 Å². The first-order valence-electron chi connectivity index (χ1n) is 7.56. The highest BCUT2D eigenvalue weighted by Crippen LogP contribution is 2.25. The van der Waals surface area contributed by atoms with E-state index in [1.807, 2.05) is 13.8 Å². The predicted octanol–water partition coefficient (Wildman–Crippen LogP) is 3.11. The summed E-state index contributed by atoms with van der Waals surface area (Å²) in [7, 11) is 0. The minimum atomic E-state index is -1.08. The number of carbonyl (C=O) groups is 2. The molecular formula is C17H23ClNO3-. The molecule has 0 fully saturated rings. The number of aliphatic carboxylic acids is 1. The number of benzene rings is 1. The van der Waals surface area contributed by atoms with Gasteiger partial charge in [-0.15, -0.1) is 0 Å². The third-order valence-corrected chi connectivity index (χ3v) is 4.03. The Morgan fingerprint density at radius 2 is 1.82 bits per heavy atom. The van der Waals surface area contributed by atoms with Gasteiger partial charge in [0.25, 0.3) is 0 Å². The number of halogens is 1. The summed E-state index contributed by atoms with van der Waals surface area (Å²) in [5.41, 5.74) is 0.536. The number of hydrogen-bond acceptors (Lipinski definition) is 3. The molecule has 0 heterocycles. The highest BCUT2D eigenvalue weighted by Gasteiger charge is 2.21. The Morgan fingerprint density at radius 1 is 1.18 bits per heavy atom. The summed E-state index contributed by atoms with van der Waals surface area (Å²) in [4.78, 5) is 23.3. The summed E-state index contributed by atoms with van der Waals surface area (Å²) in [5, 5.41) is 14.5. The van der Waals surface area contributed by atoms with E-state index in [2.05, 4.69) is 5.32 Å². The number of carboxylic acids is 1. The van der Waals surface area contributed by atoms with E-state index >= 15 is 0 Å². The Hall–Kier alpha value is -1.55. The zero-order valence-corrected chi connectivity index (χ0v) is 14.0. The lowest BCUT2D eigenvalue weighted by Crippen LogP contribution is -2.36. The molecular weight excluding hydrogens is 302 g/mol. The molecule has 0 aliphatic carbocycles. The van der Waals surface area contributed by atoms with Gasteiger partial charge < -0.3 is 15.2 Å². The number of amides is 1. The van der Waals surface area contributed by atoms with Gasteiger partial charge in [-0.2, -0.15) is 0 Å². The number of rotatable bonds is 8. The number of carbonyl (C=O) groups excluding carboxylic acids is 2. The number of anilines is 1. The van der Waals surface area contributed by atoms with Crippen molar-refractivity contribution in [2.24, 2.45) is 17.8 Å². The van der Waals surface area contributed by atoms with E-state index in [0.29, 0.717) is 23.0 Å². The molecule has 0 bridgehead atoms. The molecule has 1 aromatic carbocycles. The van der Waals surface area contributed by atoms with Gasteiger partial charge in [-0.25, -0.2) is 0 Å². The number of carboxylic acid groups (broad SMARTS) is 1. The largest absolute Gasteiger partial charge is 0.550 e. The van der Waals surface area contributed by atoms with Crippen molar-refractivity contribution in [2.45, 2.75) is 40.0 Å². The maximum absolute atomic E-state index is 12.1. The van der Waals surface area contributed by atoms with E-state index < -0.39 is 11.9 Å². The zero-order chi connectivity index (χ0) is 16.7. The second-order valence-corrected chi connectivity index (χ2v) is 6.51. The normalized spacial score (nSPS) is 13.7. The van der Waals surface area contributed by atoms with Crippen LogP contribution in [0.3, 0.4) is 0 Å². The van der Waals surface area contributed by atoms with E-state index in [4.69, 9.17) is 11.6 Å². The van der Waals surface area contributed by atoms with Crippen LogP contribution >= 0.6 is 11.6 Å². The lowest BCUT2D eigenvalue weighted by Gasteiger charge is -2.25. The molecule has 1 amide bonds. The van der Waals surface area contributed by atoms with Crippen LogP contribution < -0.4 is 10.4 Å². The van der Waals surface area contributed by atoms with Crippen molar-refractivity contribution < 1.29 is 14.7 Å². The number of nitrogens with one attached hydrogen (secondary N) is 1. The minimum absolute atomic E-state index is 0.127. The Morgan fingerprint density at radius 3 is 2.36 bits per heavy atom. The first-order valence-corrected chi connectivity index (χ1v) is 7.94. The van der Waals surface area contributed by atoms with Gasteiger partial charge in [-0.05, 0) is 30.4 Å². The van der Waals surface area contributed by atoms with Crippen LogP contribution in [0, 0.1) is 17.8 Å². The average molecular weight is 325 g/mol. The fourth-order valence-corrected chi connectivity index (χ4v) is 2.53. The fraction of sp³-hybridized carbons (Fsp3) is 0.529. The van der Waals surface area contributed by atoms with Crippen molar-refractivity contribution in [2.75, 3.05) is 5.32 Å². The van der Waals surface area contributed by atoms with Crippen LogP contribution in [0.4, 0.5) is 5.69 Å². The van der Waals surface area contributed by atoms with Gasteiger partial charge >= 0.3 is 0 Å². The van der Waals surface area contributed by atoms with Crippen LogP contribution in [0.5, 0.6) is 0 Å². The molecule has 1 N–H and O–H groups in total. The second-order valence-electron chi connectivity index (χ2n) is 6.11. The smallest absolute Gasteiger partial charge is 0.224 e. The van der Waals surface area contributed by atoms with E-state index in [0.717, 1.165) is 6.42 Å². The molecule has 0 saturated carbocycles. The van der Waals surface area contributed by atoms with Crippen LogP contribution in [-0.4, -0.2) is 11.9 Å². The summed E-state index contributed by atoms with van der Waals surface area (Å²) >= 11 is 5.98. The summed E-state index contributed by atoms with van der Waals surface area (Å²) in [5.74, 6) is -1.80. The van der Waals surface area contributed by atoms with Crippen molar-refractivity contribution in [3.8, 4) is 0 Å². The molecule has 122 valence electrons. The van der Waals surface area contributed by atoms with Crippen molar-refractivity contribution in [1.82, 2.24) is 0 Å². The molecule has 1 aromatic rings. The Labute approximate surface area is 136 Å². The lowest BCUT2D eigenvalue weighted by atomic mass is 9.85. The summed E-state index contributed by atoms with van der Waals surface area (Å²) in [6, 6.07) is 6.95. The topological polar surface area (TPSA) is 69.2 Å². The van der Waals surface area contributed by atoms with Gasteiger partial charge in [-0.3, -0.25) is 4.79 Å². The Bertz CT molecular complexity index is 516. The average Bonchev–Trinajstić information content (AvgIpc) is 2.40. The Kier molecular flexibility index (Phi) is 7.39. The SMILES string of the molecule is CC(C)CC[C@H](C(=O)[O-])[C@@H](C)CC(=O)Nc1ccccc1Cl. The van der Waals surface area contributed by atoms with E-state index in [1.165, 1.54) is 0 Å². The molecule has 0 unspecified atom stereocenters. The standard InChI is InChI=1S/C17H24ClNO3/c1-11(2)8-9-13(17(21)22)12(3)10-16(20)19-15-7-5-4-6-14(15)18/h4-7,11-13H,8-10H2,1-3H3,(H,19,20)(H,21,22)/p-1/t12-,13-/m0/s1. The molecule has 1 rings (SSSR count). The number of hydrogen-bond donors (Lipinski definition) is 1. The van der Waals surface area contributed by atoms with Crippen LogP contribution in [0.15, 0.2) is 24.3 Å². The van der Waals surface area contributed by atoms with Gasteiger partial charge in [0.1, 0.15) is 0 Å². The third kappa shape index (κ3) is 6.06. The molecule has 0 saturated heterocycles. The van der Waals surface area contributed by atoms with Crippen molar-refractivity contribution >= 4 is 29.2 Å². The molecule has 0 radical (unpaired) electrons. The van der Waals surface area contributed by atoms with E-state index in [-0.39, 0.29) is 18.2 Å². The van der Waals surface area contributed by atoms with Crippen LogP contribution in [0.1, 0.15) is 40.0 Å². The first kappa shape index (κ1) is 18.5. The van der Waals surface area contributed by atoms with Crippen molar-refractivity contribution in [3.05, 3.63) is 29.3 Å². The third-order valence-electron chi connectivity index (χ3n) is 3.70. The summed E-state index contributed by atoms with van der Waals surface area (Å²) in [6.07, 6.45) is 1.46.